The fourth-order valence-corrected chi connectivity index (χ4v) is 6.98. The molecule has 5 heterocycles. The van der Waals surface area contributed by atoms with E-state index >= 15 is 4.39 Å². The highest BCUT2D eigenvalue weighted by atomic mass is 19.1. The zero-order valence-corrected chi connectivity index (χ0v) is 25.9. The summed E-state index contributed by atoms with van der Waals surface area (Å²) < 4.78 is 58.4. The standard InChI is InChI=1S/C34H35F3N6O3/c1-5-24-26(36)9-6-18-10-23(44)12-25(27(18)24)30-29(37)31-28(33(39-30)46-17(2)3)32(43-14-20-7-8-21(15-43)38-20)41-34(40-31)45-16-22-11-19(35)13-42(22)4/h1,6,9-10,12,17,19-22,38,44H,7-8,11,13-16H2,2-4H3/t19-,20?,21?,22-/m0/s1. The number of benzene rings is 2. The summed E-state index contributed by atoms with van der Waals surface area (Å²) in [5.74, 6) is 1.20. The van der Waals surface area contributed by atoms with Gasteiger partial charge in [-0.05, 0) is 63.7 Å². The van der Waals surface area contributed by atoms with Gasteiger partial charge in [0.05, 0.1) is 11.7 Å². The lowest BCUT2D eigenvalue weighted by atomic mass is 9.95. The van der Waals surface area contributed by atoms with E-state index in [0.717, 1.165) is 12.8 Å². The number of hydrogen-bond donors (Lipinski definition) is 2. The number of nitrogens with zero attached hydrogens (tertiary/aromatic N) is 5. The second kappa shape index (κ2) is 11.8. The first-order valence-corrected chi connectivity index (χ1v) is 15.6. The molecule has 7 rings (SSSR count). The van der Waals surface area contributed by atoms with Gasteiger partial charge in [0.25, 0.3) is 0 Å². The van der Waals surface area contributed by atoms with Crippen molar-refractivity contribution < 1.29 is 27.8 Å². The maximum Gasteiger partial charge on any atom is 0.319 e. The fourth-order valence-electron chi connectivity index (χ4n) is 6.98. The van der Waals surface area contributed by atoms with Crippen LogP contribution < -0.4 is 19.7 Å². The number of fused-ring (bicyclic) bond motifs is 4. The predicted molar refractivity (Wildman–Crippen MR) is 169 cm³/mol. The van der Waals surface area contributed by atoms with Gasteiger partial charge in [0.1, 0.15) is 46.8 Å². The van der Waals surface area contributed by atoms with Crippen molar-refractivity contribution in [1.82, 2.24) is 25.2 Å². The van der Waals surface area contributed by atoms with Gasteiger partial charge in [0, 0.05) is 48.7 Å². The minimum Gasteiger partial charge on any atom is -0.508 e. The van der Waals surface area contributed by atoms with Crippen molar-refractivity contribution in [3.05, 3.63) is 41.5 Å². The number of likely N-dealkylation sites (N-methyl/N-ethyl adjacent to an activating group) is 1. The van der Waals surface area contributed by atoms with Crippen LogP contribution in [-0.4, -0.2) is 88.6 Å². The molecule has 9 nitrogen and oxygen atoms in total. The molecule has 3 aliphatic rings. The van der Waals surface area contributed by atoms with Crippen LogP contribution in [0, 0.1) is 24.0 Å². The van der Waals surface area contributed by atoms with E-state index in [1.54, 1.807) is 0 Å². The molecule has 0 spiro atoms. The van der Waals surface area contributed by atoms with Gasteiger partial charge in [-0.1, -0.05) is 12.0 Å². The summed E-state index contributed by atoms with van der Waals surface area (Å²) in [4.78, 5) is 18.0. The van der Waals surface area contributed by atoms with Crippen LogP contribution in [-0.2, 0) is 0 Å². The Morgan fingerprint density at radius 2 is 1.85 bits per heavy atom. The van der Waals surface area contributed by atoms with E-state index in [-0.39, 0.29) is 81.6 Å². The van der Waals surface area contributed by atoms with Crippen molar-refractivity contribution in [3.63, 3.8) is 0 Å². The molecule has 0 saturated carbocycles. The summed E-state index contributed by atoms with van der Waals surface area (Å²) in [6.45, 7) is 5.33. The van der Waals surface area contributed by atoms with Gasteiger partial charge < -0.3 is 24.8 Å². The second-order valence-electron chi connectivity index (χ2n) is 12.7. The topological polar surface area (TPSA) is 95.9 Å². The molecular weight excluding hydrogens is 597 g/mol. The number of halogens is 3. The monoisotopic (exact) mass is 632 g/mol. The summed E-state index contributed by atoms with van der Waals surface area (Å²) in [7, 11) is 1.83. The van der Waals surface area contributed by atoms with Gasteiger partial charge in [-0.3, -0.25) is 4.90 Å². The molecule has 3 fully saturated rings. The lowest BCUT2D eigenvalue weighted by molar-refractivity contribution is 0.188. The molecule has 3 aliphatic heterocycles. The van der Waals surface area contributed by atoms with Crippen LogP contribution in [0.3, 0.4) is 0 Å². The van der Waals surface area contributed by atoms with Crippen molar-refractivity contribution in [2.75, 3.05) is 38.2 Å². The highest BCUT2D eigenvalue weighted by Gasteiger charge is 2.36. The van der Waals surface area contributed by atoms with E-state index in [1.165, 1.54) is 24.3 Å². The Labute approximate surface area is 264 Å². The lowest BCUT2D eigenvalue weighted by Gasteiger charge is -2.34. The average molecular weight is 633 g/mol. The molecule has 12 heteroatoms. The summed E-state index contributed by atoms with van der Waals surface area (Å²) in [5, 5.41) is 15.1. The van der Waals surface area contributed by atoms with E-state index in [9.17, 15) is 13.9 Å². The molecule has 0 amide bonds. The number of aromatic nitrogens is 3. The van der Waals surface area contributed by atoms with Crippen LogP contribution in [0.1, 0.15) is 38.7 Å². The number of phenols is 1. The predicted octanol–water partition coefficient (Wildman–Crippen LogP) is 4.96. The van der Waals surface area contributed by atoms with Crippen LogP contribution in [0.4, 0.5) is 19.0 Å². The third-order valence-electron chi connectivity index (χ3n) is 9.07. The Bertz CT molecular complexity index is 1870. The van der Waals surface area contributed by atoms with Crippen LogP contribution in [0.25, 0.3) is 32.9 Å². The largest absolute Gasteiger partial charge is 0.508 e. The Morgan fingerprint density at radius 3 is 2.52 bits per heavy atom. The van der Waals surface area contributed by atoms with Crippen LogP contribution >= 0.6 is 0 Å². The highest BCUT2D eigenvalue weighted by molar-refractivity contribution is 6.04. The number of phenolic OH excluding ortho intramolecular Hbond substituents is 1. The Balaban J connectivity index is 1.46. The number of pyridine rings is 1. The number of hydrogen-bond acceptors (Lipinski definition) is 9. The Morgan fingerprint density at radius 1 is 1.09 bits per heavy atom. The van der Waals surface area contributed by atoms with Gasteiger partial charge in [-0.15, -0.1) is 6.42 Å². The van der Waals surface area contributed by atoms with Gasteiger partial charge in [0.2, 0.25) is 5.88 Å². The van der Waals surface area contributed by atoms with Crippen molar-refractivity contribution in [2.24, 2.45) is 0 Å². The van der Waals surface area contributed by atoms with Crippen LogP contribution in [0.2, 0.25) is 0 Å². The minimum atomic E-state index is -0.959. The third-order valence-corrected chi connectivity index (χ3v) is 9.07. The number of aromatic hydroxyl groups is 1. The first kappa shape index (κ1) is 30.3. The average Bonchev–Trinajstić information content (AvgIpc) is 3.53. The maximum absolute atomic E-state index is 17.0. The molecule has 240 valence electrons. The lowest BCUT2D eigenvalue weighted by Crippen LogP contribution is -2.51. The number of likely N-dealkylation sites (tertiary alicyclic amines) is 1. The zero-order chi connectivity index (χ0) is 32.3. The zero-order valence-electron chi connectivity index (χ0n) is 25.9. The number of alkyl halides is 1. The number of ether oxygens (including phenoxy) is 2. The van der Waals surface area contributed by atoms with Crippen LogP contribution in [0.15, 0.2) is 24.3 Å². The van der Waals surface area contributed by atoms with Crippen LogP contribution in [0.5, 0.6) is 17.6 Å². The summed E-state index contributed by atoms with van der Waals surface area (Å²) in [6.07, 6.45) is 6.73. The van der Waals surface area contributed by atoms with Crippen molar-refractivity contribution in [3.8, 4) is 41.2 Å². The van der Waals surface area contributed by atoms with E-state index < -0.39 is 17.8 Å². The van der Waals surface area contributed by atoms with E-state index in [0.29, 0.717) is 37.3 Å². The molecule has 46 heavy (non-hydrogen) atoms. The van der Waals surface area contributed by atoms with E-state index in [2.05, 4.69) is 26.1 Å². The molecule has 3 saturated heterocycles. The fraction of sp³-hybridized carbons (Fsp3) is 0.441. The van der Waals surface area contributed by atoms with Crippen molar-refractivity contribution in [1.29, 1.82) is 0 Å². The Hall–Kier alpha value is -4.34. The molecule has 0 radical (unpaired) electrons. The molecule has 2 aromatic carbocycles. The molecule has 4 atom stereocenters. The third kappa shape index (κ3) is 5.41. The number of nitrogens with one attached hydrogen (secondary N) is 1. The molecule has 2 bridgehead atoms. The van der Waals surface area contributed by atoms with Crippen molar-refractivity contribution >= 4 is 27.5 Å². The second-order valence-corrected chi connectivity index (χ2v) is 12.7. The number of rotatable bonds is 7. The van der Waals surface area contributed by atoms with Gasteiger partial charge in [-0.2, -0.15) is 9.97 Å². The quantitative estimate of drug-likeness (QED) is 0.274. The first-order valence-electron chi connectivity index (χ1n) is 15.6. The first-order chi connectivity index (χ1) is 22.1. The molecule has 0 aliphatic carbocycles. The summed E-state index contributed by atoms with van der Waals surface area (Å²) in [5.41, 5.74) is -0.335. The normalized spacial score (nSPS) is 23.0. The highest BCUT2D eigenvalue weighted by Crippen LogP contribution is 2.43. The Kier molecular flexibility index (Phi) is 7.77. The summed E-state index contributed by atoms with van der Waals surface area (Å²) in [6, 6.07) is 5.62. The smallest absolute Gasteiger partial charge is 0.319 e. The molecule has 2 N–H and O–H groups in total. The molecule has 4 aromatic rings. The van der Waals surface area contributed by atoms with Gasteiger partial charge in [-0.25, -0.2) is 18.2 Å². The number of anilines is 1. The molecule has 2 unspecified atom stereocenters. The SMILES string of the molecule is C#Cc1c(F)ccc2cc(O)cc(-c3nc(OC(C)C)c4c(N5CC6CCC(C5)N6)nc(OC[C@@H]5C[C@H](F)CN5C)nc4c3F)c12. The number of piperazine rings is 1. The summed E-state index contributed by atoms with van der Waals surface area (Å²) >= 11 is 0. The molecular formula is C34H35F3N6O3. The van der Waals surface area contributed by atoms with E-state index in [1.807, 2.05) is 25.8 Å². The number of terminal acetylenes is 1. The van der Waals surface area contributed by atoms with Gasteiger partial charge in [0.15, 0.2) is 5.82 Å². The maximum atomic E-state index is 17.0. The molecule has 2 aromatic heterocycles. The van der Waals surface area contributed by atoms with Gasteiger partial charge >= 0.3 is 6.01 Å². The van der Waals surface area contributed by atoms with Crippen molar-refractivity contribution in [2.45, 2.75) is 63.5 Å². The minimum absolute atomic E-state index is 0.0632. The van der Waals surface area contributed by atoms with E-state index in [4.69, 9.17) is 20.9 Å².